The van der Waals surface area contributed by atoms with Crippen LogP contribution in [0.1, 0.15) is 20.8 Å². The second-order valence-corrected chi connectivity index (χ2v) is 5.56. The van der Waals surface area contributed by atoms with E-state index in [4.69, 9.17) is 9.47 Å². The Balaban J connectivity index is 2.79. The third-order valence-corrected chi connectivity index (χ3v) is 3.70. The van der Waals surface area contributed by atoms with Crippen LogP contribution >= 0.6 is 0 Å². The molecule has 7 heteroatoms. The molecule has 2 N–H and O–H groups in total. The summed E-state index contributed by atoms with van der Waals surface area (Å²) in [6.07, 6.45) is 0. The van der Waals surface area contributed by atoms with Gasteiger partial charge in [-0.1, -0.05) is 13.8 Å². The van der Waals surface area contributed by atoms with Gasteiger partial charge in [0.05, 0.1) is 32.5 Å². The quantitative estimate of drug-likeness (QED) is 0.804. The van der Waals surface area contributed by atoms with Crippen LogP contribution in [0.5, 0.6) is 11.5 Å². The minimum absolute atomic E-state index is 0.0609. The van der Waals surface area contributed by atoms with Crippen LogP contribution in [0.2, 0.25) is 0 Å². The van der Waals surface area contributed by atoms with Crippen molar-refractivity contribution in [3.63, 3.8) is 0 Å². The van der Waals surface area contributed by atoms with E-state index in [0.29, 0.717) is 5.75 Å². The third-order valence-electron chi connectivity index (χ3n) is 3.70. The van der Waals surface area contributed by atoms with Gasteiger partial charge in [0.1, 0.15) is 11.4 Å². The number of hydrogen-bond donors (Lipinski definition) is 2. The molecule has 0 radical (unpaired) electrons. The van der Waals surface area contributed by atoms with Crippen LogP contribution in [0, 0.1) is 23.1 Å². The Morgan fingerprint density at radius 3 is 2.39 bits per heavy atom. The number of nitriles is 1. The Hall–Kier alpha value is -2.49. The smallest absolute Gasteiger partial charge is 0.240 e. The summed E-state index contributed by atoms with van der Waals surface area (Å²) in [5, 5.41) is 14.5. The fourth-order valence-corrected chi connectivity index (χ4v) is 1.80. The number of carbonyl (C=O) groups is 1. The first-order valence-corrected chi connectivity index (χ1v) is 7.15. The lowest BCUT2D eigenvalue weighted by atomic mass is 9.90. The number of benzene rings is 1. The van der Waals surface area contributed by atoms with Crippen molar-refractivity contribution in [2.24, 2.45) is 5.92 Å². The number of amides is 1. The van der Waals surface area contributed by atoms with E-state index in [-0.39, 0.29) is 23.9 Å². The van der Waals surface area contributed by atoms with E-state index >= 15 is 0 Å². The standard InChI is InChI=1S/C16H22FN3O3/c1-10(2)16(3,9-18)20-15(21)8-19-12-7-14(23-5)13(22-4)6-11(12)17/h6-7,10,19H,8H2,1-5H3,(H,20,21)/t16-/m1/s1. The molecule has 0 heterocycles. The lowest BCUT2D eigenvalue weighted by Crippen LogP contribution is -2.50. The summed E-state index contributed by atoms with van der Waals surface area (Å²) in [7, 11) is 2.85. The molecule has 23 heavy (non-hydrogen) atoms. The molecule has 0 aromatic heterocycles. The van der Waals surface area contributed by atoms with Gasteiger partial charge in [-0.05, 0) is 12.8 Å². The summed E-state index contributed by atoms with van der Waals surface area (Å²) in [6, 6.07) is 4.66. The predicted octanol–water partition coefficient (Wildman–Crippen LogP) is 2.31. The van der Waals surface area contributed by atoms with Gasteiger partial charge in [-0.25, -0.2) is 4.39 Å². The van der Waals surface area contributed by atoms with Gasteiger partial charge in [0.15, 0.2) is 11.5 Å². The number of halogens is 1. The number of nitrogens with one attached hydrogen (secondary N) is 2. The molecule has 1 rings (SSSR count). The van der Waals surface area contributed by atoms with Crippen molar-refractivity contribution < 1.29 is 18.7 Å². The Kier molecular flexibility index (Phi) is 6.19. The SMILES string of the molecule is COc1cc(F)c(NCC(=O)N[C@](C)(C#N)C(C)C)cc1OC. The highest BCUT2D eigenvalue weighted by Gasteiger charge is 2.29. The highest BCUT2D eigenvalue weighted by Crippen LogP contribution is 2.32. The van der Waals surface area contributed by atoms with Crippen molar-refractivity contribution in [3.8, 4) is 17.6 Å². The van der Waals surface area contributed by atoms with Crippen LogP contribution in [0.25, 0.3) is 0 Å². The Bertz CT molecular complexity index is 613. The zero-order valence-electron chi connectivity index (χ0n) is 14.0. The van der Waals surface area contributed by atoms with Crippen LogP contribution in [-0.4, -0.2) is 32.2 Å². The average Bonchev–Trinajstić information content (AvgIpc) is 2.52. The minimum Gasteiger partial charge on any atom is -0.493 e. The number of ether oxygens (including phenoxy) is 2. The van der Waals surface area contributed by atoms with E-state index in [0.717, 1.165) is 0 Å². The van der Waals surface area contributed by atoms with Crippen molar-refractivity contribution in [1.82, 2.24) is 5.32 Å². The van der Waals surface area contributed by atoms with Crippen molar-refractivity contribution in [1.29, 1.82) is 5.26 Å². The topological polar surface area (TPSA) is 83.4 Å². The largest absolute Gasteiger partial charge is 0.493 e. The lowest BCUT2D eigenvalue weighted by molar-refractivity contribution is -0.121. The molecule has 0 saturated heterocycles. The molecule has 0 aliphatic carbocycles. The molecule has 1 aromatic rings. The van der Waals surface area contributed by atoms with Gasteiger partial charge < -0.3 is 20.1 Å². The molecule has 1 aromatic carbocycles. The highest BCUT2D eigenvalue weighted by atomic mass is 19.1. The Morgan fingerprint density at radius 1 is 1.35 bits per heavy atom. The fraction of sp³-hybridized carbons (Fsp3) is 0.500. The van der Waals surface area contributed by atoms with Crippen LogP contribution < -0.4 is 20.1 Å². The van der Waals surface area contributed by atoms with Crippen molar-refractivity contribution in [2.45, 2.75) is 26.3 Å². The van der Waals surface area contributed by atoms with Crippen molar-refractivity contribution >= 4 is 11.6 Å². The maximum absolute atomic E-state index is 14.0. The van der Waals surface area contributed by atoms with Gasteiger partial charge in [-0.3, -0.25) is 4.79 Å². The minimum atomic E-state index is -0.977. The van der Waals surface area contributed by atoms with Gasteiger partial charge in [-0.15, -0.1) is 0 Å². The first-order chi connectivity index (χ1) is 10.8. The first-order valence-electron chi connectivity index (χ1n) is 7.15. The number of carbonyl (C=O) groups excluding carboxylic acids is 1. The third kappa shape index (κ3) is 4.49. The van der Waals surface area contributed by atoms with Crippen LogP contribution in [0.15, 0.2) is 12.1 Å². The van der Waals surface area contributed by atoms with Gasteiger partial charge in [-0.2, -0.15) is 5.26 Å². The number of methoxy groups -OCH3 is 2. The Labute approximate surface area is 135 Å². The maximum atomic E-state index is 14.0. The molecule has 1 atom stereocenters. The summed E-state index contributed by atoms with van der Waals surface area (Å²) >= 11 is 0. The summed E-state index contributed by atoms with van der Waals surface area (Å²) < 4.78 is 24.0. The average molecular weight is 323 g/mol. The summed E-state index contributed by atoms with van der Waals surface area (Å²) in [5.74, 6) is -0.425. The highest BCUT2D eigenvalue weighted by molar-refractivity contribution is 5.82. The van der Waals surface area contributed by atoms with Crippen LogP contribution in [-0.2, 0) is 4.79 Å². The zero-order valence-corrected chi connectivity index (χ0v) is 14.0. The number of rotatable bonds is 7. The van der Waals surface area contributed by atoms with Crippen LogP contribution in [0.4, 0.5) is 10.1 Å². The van der Waals surface area contributed by atoms with E-state index in [1.165, 1.54) is 26.4 Å². The zero-order chi connectivity index (χ0) is 17.6. The van der Waals surface area contributed by atoms with E-state index < -0.39 is 17.3 Å². The molecule has 0 unspecified atom stereocenters. The monoisotopic (exact) mass is 323 g/mol. The fourth-order valence-electron chi connectivity index (χ4n) is 1.80. The second kappa shape index (κ2) is 7.68. The van der Waals surface area contributed by atoms with Gasteiger partial charge in [0.25, 0.3) is 0 Å². The Morgan fingerprint density at radius 2 is 1.91 bits per heavy atom. The molecular formula is C16H22FN3O3. The normalized spacial score (nSPS) is 13.0. The molecular weight excluding hydrogens is 301 g/mol. The molecule has 0 fully saturated rings. The lowest BCUT2D eigenvalue weighted by Gasteiger charge is -2.27. The molecule has 6 nitrogen and oxygen atoms in total. The summed E-state index contributed by atoms with van der Waals surface area (Å²) in [6.45, 7) is 5.15. The van der Waals surface area contributed by atoms with E-state index in [1.807, 2.05) is 13.8 Å². The molecule has 0 bridgehead atoms. The number of nitrogens with zero attached hydrogens (tertiary/aromatic N) is 1. The van der Waals surface area contributed by atoms with E-state index in [1.54, 1.807) is 6.92 Å². The van der Waals surface area contributed by atoms with Gasteiger partial charge in [0.2, 0.25) is 5.91 Å². The first kappa shape index (κ1) is 18.6. The van der Waals surface area contributed by atoms with Gasteiger partial charge in [0, 0.05) is 12.1 Å². The van der Waals surface area contributed by atoms with Crippen molar-refractivity contribution in [3.05, 3.63) is 17.9 Å². The van der Waals surface area contributed by atoms with Crippen molar-refractivity contribution in [2.75, 3.05) is 26.1 Å². The number of anilines is 1. The van der Waals surface area contributed by atoms with E-state index in [9.17, 15) is 14.4 Å². The number of hydrogen-bond acceptors (Lipinski definition) is 5. The summed E-state index contributed by atoms with van der Waals surface area (Å²) in [5.41, 5.74) is -0.865. The molecule has 0 spiro atoms. The molecule has 126 valence electrons. The van der Waals surface area contributed by atoms with Gasteiger partial charge >= 0.3 is 0 Å². The second-order valence-electron chi connectivity index (χ2n) is 5.56. The van der Waals surface area contributed by atoms with E-state index in [2.05, 4.69) is 16.7 Å². The molecule has 0 aliphatic rings. The summed E-state index contributed by atoms with van der Waals surface area (Å²) in [4.78, 5) is 12.0. The van der Waals surface area contributed by atoms with Crippen LogP contribution in [0.3, 0.4) is 0 Å². The maximum Gasteiger partial charge on any atom is 0.240 e. The molecule has 0 aliphatic heterocycles. The predicted molar refractivity (Wildman–Crippen MR) is 85.0 cm³/mol. The molecule has 0 saturated carbocycles. The molecule has 1 amide bonds.